The Kier molecular flexibility index (Phi) is 6.08. The maximum absolute atomic E-state index is 12.8. The lowest BCUT2D eigenvalue weighted by Gasteiger charge is -2.20. The summed E-state index contributed by atoms with van der Waals surface area (Å²) in [5.74, 6) is 0.526. The van der Waals surface area contributed by atoms with E-state index in [9.17, 15) is 9.59 Å². The maximum Gasteiger partial charge on any atom is 0.255 e. The van der Waals surface area contributed by atoms with Gasteiger partial charge >= 0.3 is 0 Å². The van der Waals surface area contributed by atoms with Crippen molar-refractivity contribution in [3.05, 3.63) is 53.6 Å². The average molecular weight is 368 g/mol. The van der Waals surface area contributed by atoms with Gasteiger partial charge in [0.2, 0.25) is 5.91 Å². The summed E-state index contributed by atoms with van der Waals surface area (Å²) in [6.45, 7) is 3.54. The summed E-state index contributed by atoms with van der Waals surface area (Å²) in [6.07, 6.45) is 1.38. The molecule has 6 heteroatoms. The van der Waals surface area contributed by atoms with Crippen molar-refractivity contribution in [2.45, 2.75) is 26.4 Å². The van der Waals surface area contributed by atoms with Crippen molar-refractivity contribution in [3.63, 3.8) is 0 Å². The molecule has 0 radical (unpaired) electrons. The minimum absolute atomic E-state index is 0.0835. The highest BCUT2D eigenvalue weighted by molar-refractivity contribution is 6.08. The van der Waals surface area contributed by atoms with E-state index in [1.165, 1.54) is 0 Å². The second kappa shape index (κ2) is 8.68. The van der Waals surface area contributed by atoms with Crippen molar-refractivity contribution >= 4 is 23.2 Å². The van der Waals surface area contributed by atoms with Crippen molar-refractivity contribution in [3.8, 4) is 5.75 Å². The molecule has 0 saturated carbocycles. The molecule has 0 bridgehead atoms. The highest BCUT2D eigenvalue weighted by Crippen LogP contribution is 2.30. The van der Waals surface area contributed by atoms with Crippen LogP contribution in [0.5, 0.6) is 5.75 Å². The Balaban J connectivity index is 1.83. The predicted octanol–water partition coefficient (Wildman–Crippen LogP) is 3.61. The van der Waals surface area contributed by atoms with Crippen molar-refractivity contribution in [2.24, 2.45) is 0 Å². The van der Waals surface area contributed by atoms with Crippen LogP contribution in [0.3, 0.4) is 0 Å². The average Bonchev–Trinajstić information content (AvgIpc) is 3.12. The molecule has 2 aromatic carbocycles. The summed E-state index contributed by atoms with van der Waals surface area (Å²) in [5.41, 5.74) is 2.68. The van der Waals surface area contributed by atoms with Gasteiger partial charge < -0.3 is 19.7 Å². The van der Waals surface area contributed by atoms with Crippen LogP contribution in [0, 0.1) is 0 Å². The fourth-order valence-electron chi connectivity index (χ4n) is 3.16. The molecule has 0 spiro atoms. The number of nitrogens with zero attached hydrogens (tertiary/aromatic N) is 1. The molecule has 0 unspecified atom stereocenters. The Hall–Kier alpha value is -2.86. The van der Waals surface area contributed by atoms with Crippen LogP contribution in [0.1, 0.15) is 35.7 Å². The molecule has 142 valence electrons. The van der Waals surface area contributed by atoms with E-state index < -0.39 is 0 Å². The Labute approximate surface area is 159 Å². The van der Waals surface area contributed by atoms with E-state index in [2.05, 4.69) is 5.32 Å². The second-order valence-electron chi connectivity index (χ2n) is 6.28. The number of carbonyl (C=O) groups excluding carboxylic acids is 2. The van der Waals surface area contributed by atoms with Gasteiger partial charge in [-0.3, -0.25) is 9.59 Å². The number of ether oxygens (including phenoxy) is 2. The molecule has 2 amide bonds. The van der Waals surface area contributed by atoms with Crippen LogP contribution in [-0.2, 0) is 16.1 Å². The quantitative estimate of drug-likeness (QED) is 0.811. The van der Waals surface area contributed by atoms with Crippen LogP contribution in [0.15, 0.2) is 42.5 Å². The summed E-state index contributed by atoms with van der Waals surface area (Å²) in [7, 11) is 1.59. The molecule has 1 aliphatic heterocycles. The lowest BCUT2D eigenvalue weighted by molar-refractivity contribution is -0.117. The number of methoxy groups -OCH3 is 1. The van der Waals surface area contributed by atoms with Crippen molar-refractivity contribution in [1.82, 2.24) is 0 Å². The molecule has 3 rings (SSSR count). The van der Waals surface area contributed by atoms with Gasteiger partial charge in [-0.15, -0.1) is 0 Å². The Morgan fingerprint density at radius 3 is 2.74 bits per heavy atom. The molecule has 0 atom stereocenters. The molecular weight excluding hydrogens is 344 g/mol. The van der Waals surface area contributed by atoms with Crippen molar-refractivity contribution < 1.29 is 19.1 Å². The highest BCUT2D eigenvalue weighted by Gasteiger charge is 2.24. The minimum Gasteiger partial charge on any atom is -0.496 e. The molecule has 1 saturated heterocycles. The first kappa shape index (κ1) is 18.9. The SMILES string of the molecule is CCOCc1cc(C(=O)Nc2ccccc2N2CCCC2=O)ccc1OC. The van der Waals surface area contributed by atoms with Gasteiger partial charge in [-0.05, 0) is 43.7 Å². The number of carbonyl (C=O) groups is 2. The lowest BCUT2D eigenvalue weighted by Crippen LogP contribution is -2.25. The lowest BCUT2D eigenvalue weighted by atomic mass is 10.1. The van der Waals surface area contributed by atoms with E-state index >= 15 is 0 Å². The maximum atomic E-state index is 12.8. The van der Waals surface area contributed by atoms with Gasteiger partial charge in [0.15, 0.2) is 0 Å². The number of hydrogen-bond donors (Lipinski definition) is 1. The predicted molar refractivity (Wildman–Crippen MR) is 104 cm³/mol. The van der Waals surface area contributed by atoms with Crippen LogP contribution in [0.25, 0.3) is 0 Å². The number of nitrogens with one attached hydrogen (secondary N) is 1. The number of benzene rings is 2. The molecule has 6 nitrogen and oxygen atoms in total. The molecule has 1 heterocycles. The summed E-state index contributed by atoms with van der Waals surface area (Å²) in [6, 6.07) is 12.6. The molecule has 2 aromatic rings. The van der Waals surface area contributed by atoms with Gasteiger partial charge in [0, 0.05) is 30.7 Å². The molecule has 1 aliphatic rings. The van der Waals surface area contributed by atoms with E-state index in [0.29, 0.717) is 43.2 Å². The standard InChI is InChI=1S/C21H24N2O4/c1-3-27-14-16-13-15(10-11-19(16)26-2)21(25)22-17-7-4-5-8-18(17)23-12-6-9-20(23)24/h4-5,7-8,10-11,13H,3,6,9,12,14H2,1-2H3,(H,22,25). The molecular formula is C21H24N2O4. The van der Waals surface area contributed by atoms with Gasteiger partial charge in [0.05, 0.1) is 25.1 Å². The fraction of sp³-hybridized carbons (Fsp3) is 0.333. The van der Waals surface area contributed by atoms with Gasteiger partial charge in [-0.25, -0.2) is 0 Å². The number of amides is 2. The van der Waals surface area contributed by atoms with Gasteiger partial charge in [-0.1, -0.05) is 12.1 Å². The zero-order chi connectivity index (χ0) is 19.2. The first-order valence-corrected chi connectivity index (χ1v) is 9.09. The third-order valence-electron chi connectivity index (χ3n) is 4.52. The van der Waals surface area contributed by atoms with Gasteiger partial charge in [0.1, 0.15) is 5.75 Å². The van der Waals surface area contributed by atoms with Crippen molar-refractivity contribution in [1.29, 1.82) is 0 Å². The number of hydrogen-bond acceptors (Lipinski definition) is 4. The van der Waals surface area contributed by atoms with E-state index in [1.54, 1.807) is 30.2 Å². The zero-order valence-electron chi connectivity index (χ0n) is 15.7. The minimum atomic E-state index is -0.241. The summed E-state index contributed by atoms with van der Waals surface area (Å²) in [4.78, 5) is 26.6. The van der Waals surface area contributed by atoms with Gasteiger partial charge in [-0.2, -0.15) is 0 Å². The Bertz CT molecular complexity index is 835. The first-order chi connectivity index (χ1) is 13.1. The summed E-state index contributed by atoms with van der Waals surface area (Å²) in [5, 5.41) is 2.93. The topological polar surface area (TPSA) is 67.9 Å². The number of anilines is 2. The normalized spacial score (nSPS) is 13.7. The monoisotopic (exact) mass is 368 g/mol. The van der Waals surface area contributed by atoms with Crippen LogP contribution in [0.4, 0.5) is 11.4 Å². The van der Waals surface area contributed by atoms with Gasteiger partial charge in [0.25, 0.3) is 5.91 Å². The van der Waals surface area contributed by atoms with E-state index in [-0.39, 0.29) is 11.8 Å². The second-order valence-corrected chi connectivity index (χ2v) is 6.28. The van der Waals surface area contributed by atoms with Crippen LogP contribution >= 0.6 is 0 Å². The fourth-order valence-corrected chi connectivity index (χ4v) is 3.16. The van der Waals surface area contributed by atoms with Crippen LogP contribution in [0.2, 0.25) is 0 Å². The molecule has 1 fully saturated rings. The molecule has 1 N–H and O–H groups in total. The van der Waals surface area contributed by atoms with Crippen LogP contribution in [-0.4, -0.2) is 32.1 Å². The first-order valence-electron chi connectivity index (χ1n) is 9.09. The third kappa shape index (κ3) is 4.28. The Morgan fingerprint density at radius 1 is 1.22 bits per heavy atom. The zero-order valence-corrected chi connectivity index (χ0v) is 15.7. The van der Waals surface area contributed by atoms with E-state index in [0.717, 1.165) is 17.7 Å². The van der Waals surface area contributed by atoms with Crippen molar-refractivity contribution in [2.75, 3.05) is 30.5 Å². The third-order valence-corrected chi connectivity index (χ3v) is 4.52. The van der Waals surface area contributed by atoms with E-state index in [1.807, 2.05) is 31.2 Å². The Morgan fingerprint density at radius 2 is 2.04 bits per heavy atom. The molecule has 27 heavy (non-hydrogen) atoms. The number of para-hydroxylation sites is 2. The largest absolute Gasteiger partial charge is 0.496 e. The molecule has 0 aliphatic carbocycles. The van der Waals surface area contributed by atoms with Crippen LogP contribution < -0.4 is 15.0 Å². The summed E-state index contributed by atoms with van der Waals surface area (Å²) < 4.78 is 10.8. The highest BCUT2D eigenvalue weighted by atomic mass is 16.5. The van der Waals surface area contributed by atoms with E-state index in [4.69, 9.17) is 9.47 Å². The number of rotatable bonds is 7. The summed E-state index contributed by atoms with van der Waals surface area (Å²) >= 11 is 0. The smallest absolute Gasteiger partial charge is 0.255 e. The molecule has 0 aromatic heterocycles.